The van der Waals surface area contributed by atoms with Crippen molar-refractivity contribution < 1.29 is 0 Å². The number of guanidine groups is 1. The van der Waals surface area contributed by atoms with Crippen LogP contribution in [0.3, 0.4) is 0 Å². The molecule has 2 heterocycles. The van der Waals surface area contributed by atoms with Gasteiger partial charge in [-0.2, -0.15) is 0 Å². The molecule has 1 saturated heterocycles. The fourth-order valence-corrected chi connectivity index (χ4v) is 3.83. The van der Waals surface area contributed by atoms with E-state index in [0.29, 0.717) is 12.6 Å². The van der Waals surface area contributed by atoms with Gasteiger partial charge in [0.25, 0.3) is 0 Å². The molecule has 6 nitrogen and oxygen atoms in total. The topological polar surface area (TPSA) is 57.5 Å². The molecule has 0 bridgehead atoms. The zero-order valence-electron chi connectivity index (χ0n) is 16.1. The molecule has 0 radical (unpaired) electrons. The molecular weight excluding hydrogens is 336 g/mol. The molecule has 1 aromatic heterocycles. The van der Waals surface area contributed by atoms with E-state index in [1.54, 1.807) is 0 Å². The third-order valence-corrected chi connectivity index (χ3v) is 5.57. The van der Waals surface area contributed by atoms with Crippen LogP contribution < -0.4 is 10.6 Å². The Labute approximate surface area is 161 Å². The third-order valence-electron chi connectivity index (χ3n) is 5.57. The van der Waals surface area contributed by atoms with E-state index in [1.165, 1.54) is 44.3 Å². The highest BCUT2D eigenvalue weighted by Crippen LogP contribution is 2.29. The second-order valence-corrected chi connectivity index (χ2v) is 7.57. The SMILES string of the molecule is CN=C(NCc1nccn1Cc1ccccc1)NC1CCN(C2CC2)CC1. The summed E-state index contributed by atoms with van der Waals surface area (Å²) in [4.78, 5) is 11.6. The lowest BCUT2D eigenvalue weighted by molar-refractivity contribution is 0.197. The molecule has 144 valence electrons. The van der Waals surface area contributed by atoms with Gasteiger partial charge in [-0.05, 0) is 31.2 Å². The number of hydrogen-bond acceptors (Lipinski definition) is 3. The van der Waals surface area contributed by atoms with Gasteiger partial charge in [0.05, 0.1) is 6.54 Å². The number of piperidine rings is 1. The number of aliphatic imine (C=N–C) groups is 1. The number of nitrogens with zero attached hydrogens (tertiary/aromatic N) is 4. The Morgan fingerprint density at radius 2 is 1.93 bits per heavy atom. The maximum absolute atomic E-state index is 4.51. The number of imidazole rings is 1. The highest BCUT2D eigenvalue weighted by atomic mass is 15.2. The first kappa shape index (κ1) is 18.0. The van der Waals surface area contributed by atoms with Crippen molar-refractivity contribution in [2.75, 3.05) is 20.1 Å². The monoisotopic (exact) mass is 366 g/mol. The Kier molecular flexibility index (Phi) is 5.72. The summed E-state index contributed by atoms with van der Waals surface area (Å²) < 4.78 is 2.18. The smallest absolute Gasteiger partial charge is 0.191 e. The predicted octanol–water partition coefficient (Wildman–Crippen LogP) is 2.22. The Morgan fingerprint density at radius 3 is 2.63 bits per heavy atom. The summed E-state index contributed by atoms with van der Waals surface area (Å²) in [5.41, 5.74) is 1.28. The van der Waals surface area contributed by atoms with Crippen LogP contribution in [-0.2, 0) is 13.1 Å². The fourth-order valence-electron chi connectivity index (χ4n) is 3.83. The van der Waals surface area contributed by atoms with E-state index in [1.807, 2.05) is 25.5 Å². The van der Waals surface area contributed by atoms with E-state index in [0.717, 1.165) is 24.4 Å². The minimum Gasteiger partial charge on any atom is -0.354 e. The molecule has 2 aromatic rings. The van der Waals surface area contributed by atoms with Crippen molar-refractivity contribution in [2.24, 2.45) is 4.99 Å². The van der Waals surface area contributed by atoms with Gasteiger partial charge in [0.15, 0.2) is 5.96 Å². The van der Waals surface area contributed by atoms with Gasteiger partial charge in [-0.15, -0.1) is 0 Å². The van der Waals surface area contributed by atoms with Crippen LogP contribution >= 0.6 is 0 Å². The maximum Gasteiger partial charge on any atom is 0.191 e. The van der Waals surface area contributed by atoms with Crippen molar-refractivity contribution in [3.8, 4) is 0 Å². The van der Waals surface area contributed by atoms with Crippen LogP contribution in [0.25, 0.3) is 0 Å². The molecule has 0 spiro atoms. The minimum absolute atomic E-state index is 0.510. The largest absolute Gasteiger partial charge is 0.354 e. The first-order valence-electron chi connectivity index (χ1n) is 10.1. The van der Waals surface area contributed by atoms with Gasteiger partial charge in [-0.3, -0.25) is 4.99 Å². The molecule has 1 aliphatic heterocycles. The predicted molar refractivity (Wildman–Crippen MR) is 109 cm³/mol. The second-order valence-electron chi connectivity index (χ2n) is 7.57. The van der Waals surface area contributed by atoms with Crippen LogP contribution in [0.4, 0.5) is 0 Å². The number of aromatic nitrogens is 2. The van der Waals surface area contributed by atoms with Gasteiger partial charge in [0.2, 0.25) is 0 Å². The molecule has 2 fully saturated rings. The lowest BCUT2D eigenvalue weighted by atomic mass is 10.1. The van der Waals surface area contributed by atoms with Gasteiger partial charge in [0.1, 0.15) is 5.82 Å². The van der Waals surface area contributed by atoms with Gasteiger partial charge in [0, 0.05) is 51.2 Å². The normalized spacial score (nSPS) is 19.2. The molecule has 0 amide bonds. The summed E-state index contributed by atoms with van der Waals surface area (Å²) in [5.74, 6) is 1.89. The van der Waals surface area contributed by atoms with Gasteiger partial charge in [-0.25, -0.2) is 4.98 Å². The van der Waals surface area contributed by atoms with Gasteiger partial charge < -0.3 is 20.1 Å². The number of rotatable bonds is 6. The minimum atomic E-state index is 0.510. The van der Waals surface area contributed by atoms with Crippen molar-refractivity contribution in [1.29, 1.82) is 0 Å². The van der Waals surface area contributed by atoms with Crippen LogP contribution in [0, 0.1) is 0 Å². The van der Waals surface area contributed by atoms with Crippen LogP contribution in [0.2, 0.25) is 0 Å². The Balaban J connectivity index is 1.27. The molecule has 27 heavy (non-hydrogen) atoms. The third kappa shape index (κ3) is 4.89. The number of nitrogens with one attached hydrogen (secondary N) is 2. The molecule has 2 aliphatic rings. The Morgan fingerprint density at radius 1 is 1.15 bits per heavy atom. The van der Waals surface area contributed by atoms with Crippen LogP contribution in [0.5, 0.6) is 0 Å². The van der Waals surface area contributed by atoms with E-state index in [-0.39, 0.29) is 0 Å². The Bertz CT molecular complexity index is 741. The van der Waals surface area contributed by atoms with Crippen molar-refractivity contribution in [2.45, 2.75) is 50.9 Å². The standard InChI is InChI=1S/C21H30N6/c1-22-21(25-18-9-12-26(13-10-18)19-7-8-19)24-15-20-23-11-14-27(20)16-17-5-3-2-4-6-17/h2-6,11,14,18-19H,7-10,12-13,15-16H2,1H3,(H2,22,24,25). The van der Waals surface area contributed by atoms with Crippen molar-refractivity contribution >= 4 is 5.96 Å². The maximum atomic E-state index is 4.51. The fraction of sp³-hybridized carbons (Fsp3) is 0.524. The summed E-state index contributed by atoms with van der Waals surface area (Å²) in [5, 5.41) is 7.03. The molecule has 4 rings (SSSR count). The zero-order valence-corrected chi connectivity index (χ0v) is 16.1. The lowest BCUT2D eigenvalue weighted by Gasteiger charge is -2.33. The number of benzene rings is 1. The van der Waals surface area contributed by atoms with E-state index >= 15 is 0 Å². The van der Waals surface area contributed by atoms with Gasteiger partial charge >= 0.3 is 0 Å². The quantitative estimate of drug-likeness (QED) is 0.608. The summed E-state index contributed by atoms with van der Waals surface area (Å²) >= 11 is 0. The van der Waals surface area contributed by atoms with Crippen LogP contribution in [-0.4, -0.2) is 52.6 Å². The van der Waals surface area contributed by atoms with E-state index in [2.05, 4.69) is 54.3 Å². The van der Waals surface area contributed by atoms with Gasteiger partial charge in [-0.1, -0.05) is 30.3 Å². The van der Waals surface area contributed by atoms with Crippen LogP contribution in [0.15, 0.2) is 47.7 Å². The van der Waals surface area contributed by atoms with E-state index in [9.17, 15) is 0 Å². The molecule has 0 atom stereocenters. The molecule has 1 saturated carbocycles. The van der Waals surface area contributed by atoms with Crippen LogP contribution in [0.1, 0.15) is 37.1 Å². The summed E-state index contributed by atoms with van der Waals surface area (Å²) in [6.07, 6.45) is 9.09. The number of likely N-dealkylation sites (tertiary alicyclic amines) is 1. The average Bonchev–Trinajstić information content (AvgIpc) is 3.47. The molecule has 1 aliphatic carbocycles. The Hall–Kier alpha value is -2.34. The molecule has 6 heteroatoms. The second kappa shape index (κ2) is 8.57. The van der Waals surface area contributed by atoms with Crippen molar-refractivity contribution in [3.63, 3.8) is 0 Å². The molecule has 2 N–H and O–H groups in total. The molecular formula is C21H30N6. The number of hydrogen-bond donors (Lipinski definition) is 2. The summed E-state index contributed by atoms with van der Waals surface area (Å²) in [6.45, 7) is 3.92. The lowest BCUT2D eigenvalue weighted by Crippen LogP contribution is -2.49. The first-order valence-corrected chi connectivity index (χ1v) is 10.1. The average molecular weight is 367 g/mol. The molecule has 1 aromatic carbocycles. The van der Waals surface area contributed by atoms with Crippen molar-refractivity contribution in [1.82, 2.24) is 25.1 Å². The van der Waals surface area contributed by atoms with Crippen molar-refractivity contribution in [3.05, 3.63) is 54.1 Å². The first-order chi connectivity index (χ1) is 13.3. The highest BCUT2D eigenvalue weighted by molar-refractivity contribution is 5.79. The zero-order chi connectivity index (χ0) is 18.5. The summed E-state index contributed by atoms with van der Waals surface area (Å²) in [7, 11) is 1.84. The molecule has 0 unspecified atom stereocenters. The summed E-state index contributed by atoms with van der Waals surface area (Å²) in [6, 6.07) is 11.9. The van der Waals surface area contributed by atoms with E-state index < -0.39 is 0 Å². The van der Waals surface area contributed by atoms with E-state index in [4.69, 9.17) is 0 Å². The highest BCUT2D eigenvalue weighted by Gasteiger charge is 2.31.